The van der Waals surface area contributed by atoms with Gasteiger partial charge in [-0.05, 0) is 48.9 Å². The Morgan fingerprint density at radius 3 is 1.73 bits per heavy atom. The van der Waals surface area contributed by atoms with E-state index in [-0.39, 0.29) is 11.3 Å². The van der Waals surface area contributed by atoms with E-state index in [1.807, 2.05) is 6.92 Å². The maximum atomic E-state index is 12.3. The number of hydrogen-bond donors (Lipinski definition) is 2. The van der Waals surface area contributed by atoms with E-state index in [0.29, 0.717) is 23.8 Å². The van der Waals surface area contributed by atoms with Crippen molar-refractivity contribution in [2.75, 3.05) is 6.54 Å². The molecular formula is C19H40N2O. The van der Waals surface area contributed by atoms with E-state index < -0.39 is 5.54 Å². The van der Waals surface area contributed by atoms with Gasteiger partial charge in [0.2, 0.25) is 5.91 Å². The molecule has 0 spiro atoms. The van der Waals surface area contributed by atoms with Gasteiger partial charge in [-0.3, -0.25) is 4.79 Å². The molecule has 0 fully saturated rings. The lowest BCUT2D eigenvalue weighted by Gasteiger charge is -2.33. The molecule has 0 saturated heterocycles. The molecule has 22 heavy (non-hydrogen) atoms. The Morgan fingerprint density at radius 2 is 1.32 bits per heavy atom. The first-order valence-electron chi connectivity index (χ1n) is 8.61. The van der Waals surface area contributed by atoms with Crippen molar-refractivity contribution in [2.24, 2.45) is 22.0 Å². The summed E-state index contributed by atoms with van der Waals surface area (Å²) in [4.78, 5) is 12.3. The maximum Gasteiger partial charge on any atom is 0.239 e. The summed E-state index contributed by atoms with van der Waals surface area (Å²) in [6, 6.07) is 0. The highest BCUT2D eigenvalue weighted by Crippen LogP contribution is 2.36. The van der Waals surface area contributed by atoms with E-state index >= 15 is 0 Å². The van der Waals surface area contributed by atoms with Crippen molar-refractivity contribution in [2.45, 2.75) is 93.5 Å². The number of nitrogens with one attached hydrogen (secondary N) is 1. The second-order valence-corrected chi connectivity index (χ2v) is 10.4. The van der Waals surface area contributed by atoms with Gasteiger partial charge < -0.3 is 11.1 Å². The Morgan fingerprint density at radius 1 is 0.864 bits per heavy atom. The van der Waals surface area contributed by atoms with Crippen molar-refractivity contribution in [3.05, 3.63) is 0 Å². The van der Waals surface area contributed by atoms with Gasteiger partial charge in [0.15, 0.2) is 0 Å². The summed E-state index contributed by atoms with van der Waals surface area (Å²) in [7, 11) is 0. The van der Waals surface area contributed by atoms with Gasteiger partial charge in [-0.25, -0.2) is 0 Å². The highest BCUT2D eigenvalue weighted by molar-refractivity contribution is 5.85. The molecule has 3 nitrogen and oxygen atoms in total. The van der Waals surface area contributed by atoms with Crippen LogP contribution in [0.1, 0.15) is 88.0 Å². The van der Waals surface area contributed by atoms with Crippen LogP contribution in [0.25, 0.3) is 0 Å². The van der Waals surface area contributed by atoms with Crippen molar-refractivity contribution in [1.82, 2.24) is 5.32 Å². The maximum absolute atomic E-state index is 12.3. The summed E-state index contributed by atoms with van der Waals surface area (Å²) in [5, 5.41) is 3.02. The minimum Gasteiger partial charge on any atom is -0.355 e. The third-order valence-corrected chi connectivity index (χ3v) is 3.74. The summed E-state index contributed by atoms with van der Waals surface area (Å²) in [5.74, 6) is -0.0314. The Balaban J connectivity index is 4.23. The van der Waals surface area contributed by atoms with Crippen LogP contribution in [0.15, 0.2) is 0 Å². The fourth-order valence-electron chi connectivity index (χ4n) is 3.68. The molecule has 0 aliphatic heterocycles. The van der Waals surface area contributed by atoms with Crippen LogP contribution in [0.2, 0.25) is 0 Å². The lowest BCUT2D eigenvalue weighted by molar-refractivity contribution is -0.126. The molecule has 132 valence electrons. The van der Waals surface area contributed by atoms with Crippen LogP contribution < -0.4 is 11.1 Å². The molecule has 0 aliphatic carbocycles. The molecule has 3 N–H and O–H groups in total. The first kappa shape index (κ1) is 21.4. The minimum atomic E-state index is -0.792. The molecule has 0 aliphatic rings. The van der Waals surface area contributed by atoms with Crippen molar-refractivity contribution in [3.8, 4) is 0 Å². The van der Waals surface area contributed by atoms with E-state index in [1.54, 1.807) is 0 Å². The van der Waals surface area contributed by atoms with Crippen molar-refractivity contribution >= 4 is 5.91 Å². The van der Waals surface area contributed by atoms with Crippen LogP contribution in [0.3, 0.4) is 0 Å². The highest BCUT2D eigenvalue weighted by atomic mass is 16.2. The molecule has 0 heterocycles. The third-order valence-electron chi connectivity index (χ3n) is 3.74. The molecule has 3 heteroatoms. The first-order valence-corrected chi connectivity index (χ1v) is 8.61. The molecule has 0 saturated carbocycles. The van der Waals surface area contributed by atoms with E-state index in [9.17, 15) is 4.79 Å². The summed E-state index contributed by atoms with van der Waals surface area (Å²) < 4.78 is 0. The monoisotopic (exact) mass is 312 g/mol. The second-order valence-electron chi connectivity index (χ2n) is 10.4. The van der Waals surface area contributed by atoms with Gasteiger partial charge in [0.25, 0.3) is 0 Å². The SMILES string of the molecule is CC(C)(C)CC(C)(C)CCCNC(=O)C(C)(N)CC(C)(C)C. The van der Waals surface area contributed by atoms with E-state index in [2.05, 4.69) is 60.7 Å². The van der Waals surface area contributed by atoms with Gasteiger partial charge in [-0.1, -0.05) is 55.4 Å². The molecule has 0 rings (SSSR count). The Labute approximate surface area is 138 Å². The largest absolute Gasteiger partial charge is 0.355 e. The second kappa shape index (κ2) is 7.33. The molecule has 0 aromatic carbocycles. The van der Waals surface area contributed by atoms with Gasteiger partial charge in [-0.2, -0.15) is 0 Å². The fraction of sp³-hybridized carbons (Fsp3) is 0.947. The molecule has 0 aromatic rings. The predicted octanol–water partition coefficient (Wildman–Crippen LogP) is 4.50. The first-order chi connectivity index (χ1) is 9.54. The molecule has 0 aromatic heterocycles. The average Bonchev–Trinajstić information content (AvgIpc) is 2.16. The fourth-order valence-corrected chi connectivity index (χ4v) is 3.68. The Hall–Kier alpha value is -0.570. The van der Waals surface area contributed by atoms with Gasteiger partial charge in [-0.15, -0.1) is 0 Å². The van der Waals surface area contributed by atoms with Crippen LogP contribution in [-0.4, -0.2) is 18.0 Å². The zero-order valence-corrected chi connectivity index (χ0v) is 16.5. The van der Waals surface area contributed by atoms with Crippen molar-refractivity contribution < 1.29 is 4.79 Å². The molecule has 1 unspecified atom stereocenters. The van der Waals surface area contributed by atoms with Crippen LogP contribution in [0.4, 0.5) is 0 Å². The zero-order valence-electron chi connectivity index (χ0n) is 16.5. The van der Waals surface area contributed by atoms with Crippen LogP contribution in [-0.2, 0) is 4.79 Å². The number of carbonyl (C=O) groups is 1. The molecule has 1 atom stereocenters. The Bertz CT molecular complexity index is 357. The predicted molar refractivity (Wildman–Crippen MR) is 96.8 cm³/mol. The number of amides is 1. The summed E-state index contributed by atoms with van der Waals surface area (Å²) in [6.45, 7) is 20.3. The number of carbonyl (C=O) groups excluding carboxylic acids is 1. The zero-order chi connectivity index (χ0) is 17.8. The quantitative estimate of drug-likeness (QED) is 0.680. The average molecular weight is 313 g/mol. The number of nitrogens with two attached hydrogens (primary N) is 1. The normalized spacial score (nSPS) is 16.3. The third kappa shape index (κ3) is 10.2. The highest BCUT2D eigenvalue weighted by Gasteiger charge is 2.33. The van der Waals surface area contributed by atoms with Crippen molar-refractivity contribution in [1.29, 1.82) is 0 Å². The van der Waals surface area contributed by atoms with Gasteiger partial charge in [0, 0.05) is 6.54 Å². The van der Waals surface area contributed by atoms with Gasteiger partial charge in [0.1, 0.15) is 0 Å². The molecule has 0 bridgehead atoms. The summed E-state index contributed by atoms with van der Waals surface area (Å²) in [6.07, 6.45) is 3.99. The van der Waals surface area contributed by atoms with Crippen molar-refractivity contribution in [3.63, 3.8) is 0 Å². The van der Waals surface area contributed by atoms with E-state index in [0.717, 1.165) is 12.8 Å². The Kier molecular flexibility index (Phi) is 7.14. The molecule has 0 radical (unpaired) electrons. The smallest absolute Gasteiger partial charge is 0.239 e. The summed E-state index contributed by atoms with van der Waals surface area (Å²) >= 11 is 0. The molecule has 1 amide bonds. The topological polar surface area (TPSA) is 55.1 Å². The lowest BCUT2D eigenvalue weighted by atomic mass is 9.74. The van der Waals surface area contributed by atoms with Crippen LogP contribution in [0.5, 0.6) is 0 Å². The number of hydrogen-bond acceptors (Lipinski definition) is 2. The van der Waals surface area contributed by atoms with Crippen LogP contribution in [0, 0.1) is 16.2 Å². The standard InChI is InChI=1S/C19H40N2O/c1-16(2,3)13-18(7,8)11-10-12-21-15(22)19(9,20)14-17(4,5)6/h10-14,20H2,1-9H3,(H,21,22). The summed E-state index contributed by atoms with van der Waals surface area (Å²) in [5.41, 5.74) is 6.09. The van der Waals surface area contributed by atoms with Gasteiger partial charge in [0.05, 0.1) is 5.54 Å². The lowest BCUT2D eigenvalue weighted by Crippen LogP contribution is -2.53. The minimum absolute atomic E-state index is 0.0314. The van der Waals surface area contributed by atoms with E-state index in [1.165, 1.54) is 6.42 Å². The molecular weight excluding hydrogens is 272 g/mol. The van der Waals surface area contributed by atoms with Crippen LogP contribution >= 0.6 is 0 Å². The van der Waals surface area contributed by atoms with Gasteiger partial charge >= 0.3 is 0 Å². The van der Waals surface area contributed by atoms with E-state index in [4.69, 9.17) is 5.73 Å². The number of rotatable bonds is 7.